The second-order valence-corrected chi connectivity index (χ2v) is 18.5. The minimum atomic E-state index is -3.69. The number of hydrogen-bond acceptors (Lipinski definition) is 14. The minimum Gasteiger partial charge on any atom is -0.465 e. The van der Waals surface area contributed by atoms with E-state index < -0.39 is 79.6 Å². The molecule has 0 radical (unpaired) electrons. The summed E-state index contributed by atoms with van der Waals surface area (Å²) in [5.41, 5.74) is 1.40. The Kier molecular flexibility index (Phi) is 8.73. The Labute approximate surface area is 280 Å². The molecule has 47 heavy (non-hydrogen) atoms. The minimum absolute atomic E-state index is 0.0827. The lowest BCUT2D eigenvalue weighted by Gasteiger charge is -2.43. The first kappa shape index (κ1) is 33.3. The maximum atomic E-state index is 12.8. The predicted octanol–water partition coefficient (Wildman–Crippen LogP) is 1.30. The summed E-state index contributed by atoms with van der Waals surface area (Å²) in [7, 11) is -7.33. The summed E-state index contributed by atoms with van der Waals surface area (Å²) in [6.07, 6.45) is -7.14. The lowest BCUT2D eigenvalue weighted by molar-refractivity contribution is -0.230. The van der Waals surface area contributed by atoms with Crippen LogP contribution in [0.1, 0.15) is 25.0 Å². The number of thioether (sulfide) groups is 2. The maximum absolute atomic E-state index is 12.8. The van der Waals surface area contributed by atoms with Gasteiger partial charge in [-0.15, -0.1) is 0 Å². The van der Waals surface area contributed by atoms with Crippen molar-refractivity contribution in [3.05, 3.63) is 80.0 Å². The topological polar surface area (TPSA) is 189 Å². The summed E-state index contributed by atoms with van der Waals surface area (Å²) in [6, 6.07) is 15.9. The van der Waals surface area contributed by atoms with Crippen molar-refractivity contribution in [1.82, 2.24) is 4.31 Å². The molecule has 0 aliphatic carbocycles. The monoisotopic (exact) mass is 727 g/mol. The molecule has 0 aromatic heterocycles. The van der Waals surface area contributed by atoms with E-state index in [-0.39, 0.29) is 32.2 Å². The Hall–Kier alpha value is -2.16. The maximum Gasteiger partial charge on any atom is 0.253 e. The number of rotatable bonds is 2. The second kappa shape index (κ2) is 12.3. The Bertz CT molecular complexity index is 1840. The average molecular weight is 728 g/mol. The van der Waals surface area contributed by atoms with E-state index in [4.69, 9.17) is 18.9 Å². The van der Waals surface area contributed by atoms with Gasteiger partial charge >= 0.3 is 0 Å². The van der Waals surface area contributed by atoms with E-state index in [1.807, 2.05) is 30.3 Å². The number of aliphatic hydroxyl groups excluding tert-OH is 4. The zero-order valence-corrected chi connectivity index (χ0v) is 28.3. The standard InChI is InChI=1S/C16H19NO6S2.C14H14O6S2/c1-9-12(18)13(19)14-15(22-9)23-11-8-17(25(20,21)16(11)24-14)7-10-5-3-2-4-6-10;1-6-9(15)10(16)12-13(19-6)20-11-7-4-2-3-5-8(7)22(17,18)14(11)21-12/h2-6,9,12-15,18-19H,7-8H2,1H3;2-6,9-10,12-13,15-16H,1H3. The van der Waals surface area contributed by atoms with Crippen molar-refractivity contribution in [3.8, 4) is 0 Å². The van der Waals surface area contributed by atoms with E-state index in [0.29, 0.717) is 11.3 Å². The average Bonchev–Trinajstić information content (AvgIpc) is 3.42. The summed E-state index contributed by atoms with van der Waals surface area (Å²) >= 11 is 2.01. The van der Waals surface area contributed by atoms with Gasteiger partial charge in [0.1, 0.15) is 44.9 Å². The summed E-state index contributed by atoms with van der Waals surface area (Å²) in [4.78, 5) is 0.203. The van der Waals surface area contributed by atoms with E-state index in [9.17, 15) is 37.3 Å². The van der Waals surface area contributed by atoms with E-state index in [1.54, 1.807) is 32.0 Å². The van der Waals surface area contributed by atoms with Crippen LogP contribution in [-0.2, 0) is 45.4 Å². The van der Waals surface area contributed by atoms with Crippen molar-refractivity contribution < 1.29 is 56.2 Å². The van der Waals surface area contributed by atoms with Crippen LogP contribution < -0.4 is 0 Å². The van der Waals surface area contributed by atoms with Crippen molar-refractivity contribution in [2.45, 2.75) is 85.0 Å². The molecule has 2 fully saturated rings. The first-order chi connectivity index (χ1) is 22.3. The third-order valence-corrected chi connectivity index (χ3v) is 16.2. The van der Waals surface area contributed by atoms with E-state index in [0.717, 1.165) is 29.1 Å². The largest absolute Gasteiger partial charge is 0.465 e. The molecular weight excluding hydrogens is 695 g/mol. The molecule has 4 N–H and O–H groups in total. The summed E-state index contributed by atoms with van der Waals surface area (Å²) < 4.78 is 75.1. The van der Waals surface area contributed by atoms with Crippen LogP contribution >= 0.6 is 23.5 Å². The first-order valence-electron chi connectivity index (χ1n) is 14.8. The molecule has 17 heteroatoms. The number of sulfone groups is 1. The molecule has 13 nitrogen and oxygen atoms in total. The number of sulfonamides is 1. The van der Waals surface area contributed by atoms with E-state index in [2.05, 4.69) is 0 Å². The van der Waals surface area contributed by atoms with Crippen LogP contribution in [0, 0.1) is 0 Å². The van der Waals surface area contributed by atoms with Gasteiger partial charge in [0.15, 0.2) is 10.00 Å². The number of hydrogen-bond donors (Lipinski definition) is 4. The van der Waals surface area contributed by atoms with Crippen LogP contribution in [0.4, 0.5) is 0 Å². The van der Waals surface area contributed by atoms with Gasteiger partial charge in [-0.25, -0.2) is 16.8 Å². The molecule has 0 amide bonds. The molecule has 6 heterocycles. The van der Waals surface area contributed by atoms with Gasteiger partial charge in [-0.3, -0.25) is 0 Å². The molecule has 8 rings (SSSR count). The molecule has 2 saturated heterocycles. The summed E-state index contributed by atoms with van der Waals surface area (Å²) in [5.74, 6) is 0.621. The smallest absolute Gasteiger partial charge is 0.253 e. The third-order valence-electron chi connectivity index (χ3n) is 8.72. The van der Waals surface area contributed by atoms with Crippen LogP contribution in [0.5, 0.6) is 0 Å². The summed E-state index contributed by atoms with van der Waals surface area (Å²) in [5, 5.41) is 39.0. The molecule has 2 aromatic carbocycles. The summed E-state index contributed by atoms with van der Waals surface area (Å²) in [6.45, 7) is 3.67. The van der Waals surface area contributed by atoms with Crippen LogP contribution in [0.2, 0.25) is 0 Å². The Morgan fingerprint density at radius 1 is 0.745 bits per heavy atom. The number of benzene rings is 2. The van der Waals surface area contributed by atoms with Gasteiger partial charge in [-0.1, -0.05) is 66.0 Å². The fourth-order valence-electron chi connectivity index (χ4n) is 6.11. The van der Waals surface area contributed by atoms with E-state index in [1.165, 1.54) is 10.4 Å². The number of aliphatic hydroxyl groups is 4. The van der Waals surface area contributed by atoms with Crippen LogP contribution in [0.25, 0.3) is 5.76 Å². The normalized spacial score (nSPS) is 38.0. The van der Waals surface area contributed by atoms with Gasteiger partial charge in [0.25, 0.3) is 10.0 Å². The predicted molar refractivity (Wildman–Crippen MR) is 171 cm³/mol. The van der Waals surface area contributed by atoms with Gasteiger partial charge in [0.05, 0.1) is 23.6 Å². The zero-order chi connectivity index (χ0) is 33.4. The van der Waals surface area contributed by atoms with Crippen LogP contribution in [0.3, 0.4) is 0 Å². The highest BCUT2D eigenvalue weighted by atomic mass is 32.3. The van der Waals surface area contributed by atoms with Crippen molar-refractivity contribution in [2.24, 2.45) is 0 Å². The SMILES string of the molecule is CC1OC2OC3=C(SC2C(O)C1O)S(=O)(=O)N(Cc1ccccc1)C3.CC1OC2OC3=C(SC2C(O)C1O)S(=O)(=O)c1ccccc13. The lowest BCUT2D eigenvalue weighted by Crippen LogP contribution is -2.56. The number of fused-ring (bicyclic) bond motifs is 4. The van der Waals surface area contributed by atoms with Gasteiger partial charge in [0.2, 0.25) is 22.4 Å². The highest BCUT2D eigenvalue weighted by Gasteiger charge is 2.54. The van der Waals surface area contributed by atoms with Crippen molar-refractivity contribution in [2.75, 3.05) is 6.54 Å². The quantitative estimate of drug-likeness (QED) is 0.347. The molecule has 6 aliphatic heterocycles. The Balaban J connectivity index is 0.000000151. The highest BCUT2D eigenvalue weighted by molar-refractivity contribution is 8.19. The lowest BCUT2D eigenvalue weighted by atomic mass is 10.0. The molecule has 0 spiro atoms. The molecule has 254 valence electrons. The molecule has 0 bridgehead atoms. The van der Waals surface area contributed by atoms with Crippen LogP contribution in [-0.4, -0.2) is 108 Å². The highest BCUT2D eigenvalue weighted by Crippen LogP contribution is 2.53. The first-order valence-corrected chi connectivity index (χ1v) is 19.5. The fraction of sp³-hybridized carbons (Fsp3) is 0.467. The zero-order valence-electron chi connectivity index (χ0n) is 25.0. The molecule has 10 unspecified atom stereocenters. The number of nitrogens with zero attached hydrogens (tertiary/aromatic N) is 1. The second-order valence-electron chi connectivity index (χ2n) is 11.9. The van der Waals surface area contributed by atoms with Gasteiger partial charge in [-0.05, 0) is 31.5 Å². The van der Waals surface area contributed by atoms with Crippen molar-refractivity contribution in [3.63, 3.8) is 0 Å². The Morgan fingerprint density at radius 2 is 1.30 bits per heavy atom. The van der Waals surface area contributed by atoms with Crippen molar-refractivity contribution in [1.29, 1.82) is 0 Å². The molecular formula is C30H33NO12S4. The number of ether oxygens (including phenoxy) is 4. The van der Waals surface area contributed by atoms with Gasteiger partial charge in [0, 0.05) is 12.1 Å². The Morgan fingerprint density at radius 3 is 1.94 bits per heavy atom. The molecule has 0 saturated carbocycles. The molecule has 2 aromatic rings. The molecule has 10 atom stereocenters. The fourth-order valence-corrected chi connectivity index (χ4v) is 13.0. The van der Waals surface area contributed by atoms with Crippen molar-refractivity contribution >= 4 is 49.1 Å². The third kappa shape index (κ3) is 5.62. The van der Waals surface area contributed by atoms with Crippen LogP contribution in [0.15, 0.2) is 73.7 Å². The van der Waals surface area contributed by atoms with Gasteiger partial charge in [-0.2, -0.15) is 4.31 Å². The molecule has 6 aliphatic rings. The van der Waals surface area contributed by atoms with Gasteiger partial charge < -0.3 is 39.4 Å². The van der Waals surface area contributed by atoms with E-state index >= 15 is 0 Å².